The molecule has 0 radical (unpaired) electrons. The van der Waals surface area contributed by atoms with E-state index in [9.17, 15) is 0 Å². The second-order valence-corrected chi connectivity index (χ2v) is 3.82. The number of hydrogen-bond acceptors (Lipinski definition) is 2. The number of rotatable bonds is 3. The Bertz CT molecular complexity index is 365. The van der Waals surface area contributed by atoms with Gasteiger partial charge in [-0.05, 0) is 25.3 Å². The van der Waals surface area contributed by atoms with Crippen LogP contribution < -0.4 is 5.32 Å². The molecule has 0 aliphatic carbocycles. The monoisotopic (exact) mass is 225 g/mol. The van der Waals surface area contributed by atoms with Crippen molar-refractivity contribution in [2.75, 3.05) is 18.1 Å². The highest BCUT2D eigenvalue weighted by molar-refractivity contribution is 7.98. The van der Waals surface area contributed by atoms with Crippen LogP contribution >= 0.6 is 23.4 Å². The minimum absolute atomic E-state index is 0.657. The third-order valence-electron chi connectivity index (χ3n) is 1.72. The van der Waals surface area contributed by atoms with Gasteiger partial charge in [0.2, 0.25) is 0 Å². The van der Waals surface area contributed by atoms with Gasteiger partial charge in [-0.15, -0.1) is 17.7 Å². The van der Waals surface area contributed by atoms with Crippen molar-refractivity contribution in [2.45, 2.75) is 11.8 Å². The molecule has 3 heteroatoms. The zero-order chi connectivity index (χ0) is 10.4. The fourth-order valence-corrected chi connectivity index (χ4v) is 2.11. The van der Waals surface area contributed by atoms with Crippen LogP contribution in [0.25, 0.3) is 0 Å². The highest BCUT2D eigenvalue weighted by Gasteiger charge is 2.03. The van der Waals surface area contributed by atoms with E-state index in [1.807, 2.05) is 31.4 Å². The molecule has 0 bridgehead atoms. The molecule has 0 saturated heterocycles. The normalized spacial score (nSPS) is 9.07. The number of thioether (sulfide) groups is 1. The molecule has 1 aromatic carbocycles. The molecule has 0 heterocycles. The Morgan fingerprint density at radius 3 is 2.93 bits per heavy atom. The van der Waals surface area contributed by atoms with Crippen molar-refractivity contribution in [2.24, 2.45) is 0 Å². The molecule has 0 spiro atoms. The summed E-state index contributed by atoms with van der Waals surface area (Å²) in [6.07, 6.45) is 2.01. The number of hydrogen-bond donors (Lipinski definition) is 1. The third-order valence-corrected chi connectivity index (χ3v) is 2.99. The SMILES string of the molecule is CC#CCNc1cccc(Cl)c1SC. The Labute approximate surface area is 94.2 Å². The fraction of sp³-hybridized carbons (Fsp3) is 0.273. The number of nitrogens with one attached hydrogen (secondary N) is 1. The van der Waals surface area contributed by atoms with Gasteiger partial charge in [0.1, 0.15) is 0 Å². The molecule has 0 aromatic heterocycles. The fourth-order valence-electron chi connectivity index (χ4n) is 1.08. The Morgan fingerprint density at radius 2 is 2.29 bits per heavy atom. The van der Waals surface area contributed by atoms with E-state index in [0.29, 0.717) is 6.54 Å². The molecule has 1 rings (SSSR count). The minimum atomic E-state index is 0.657. The molecule has 1 aromatic rings. The molecule has 0 amide bonds. The smallest absolute Gasteiger partial charge is 0.0766 e. The average molecular weight is 226 g/mol. The van der Waals surface area contributed by atoms with Gasteiger partial charge in [0.25, 0.3) is 0 Å². The van der Waals surface area contributed by atoms with Crippen molar-refractivity contribution < 1.29 is 0 Å². The van der Waals surface area contributed by atoms with Gasteiger partial charge in [0.15, 0.2) is 0 Å². The van der Waals surface area contributed by atoms with Crippen molar-refractivity contribution >= 4 is 29.1 Å². The lowest BCUT2D eigenvalue weighted by molar-refractivity contribution is 1.31. The predicted molar refractivity (Wildman–Crippen MR) is 65.2 cm³/mol. The van der Waals surface area contributed by atoms with Gasteiger partial charge in [-0.2, -0.15) is 0 Å². The maximum absolute atomic E-state index is 6.05. The molecule has 14 heavy (non-hydrogen) atoms. The zero-order valence-electron chi connectivity index (χ0n) is 8.23. The van der Waals surface area contributed by atoms with Gasteiger partial charge in [0.05, 0.1) is 17.3 Å². The largest absolute Gasteiger partial charge is 0.373 e. The first-order valence-corrected chi connectivity index (χ1v) is 5.86. The van der Waals surface area contributed by atoms with Crippen molar-refractivity contribution in [3.8, 4) is 11.8 Å². The number of halogens is 1. The topological polar surface area (TPSA) is 12.0 Å². The van der Waals surface area contributed by atoms with Crippen LogP contribution in [0, 0.1) is 11.8 Å². The van der Waals surface area contributed by atoms with Crippen molar-refractivity contribution in [3.05, 3.63) is 23.2 Å². The van der Waals surface area contributed by atoms with Gasteiger partial charge in [-0.3, -0.25) is 0 Å². The van der Waals surface area contributed by atoms with Crippen molar-refractivity contribution in [1.29, 1.82) is 0 Å². The maximum atomic E-state index is 6.05. The maximum Gasteiger partial charge on any atom is 0.0766 e. The van der Waals surface area contributed by atoms with Gasteiger partial charge in [-0.1, -0.05) is 23.6 Å². The first kappa shape index (κ1) is 11.3. The summed E-state index contributed by atoms with van der Waals surface area (Å²) in [6.45, 7) is 2.49. The molecule has 0 atom stereocenters. The second kappa shape index (κ2) is 5.85. The summed E-state index contributed by atoms with van der Waals surface area (Å²) in [4.78, 5) is 1.08. The third kappa shape index (κ3) is 2.87. The first-order valence-electron chi connectivity index (χ1n) is 4.25. The van der Waals surface area contributed by atoms with Crippen LogP contribution in [0.1, 0.15) is 6.92 Å². The summed E-state index contributed by atoms with van der Waals surface area (Å²) < 4.78 is 0. The lowest BCUT2D eigenvalue weighted by Crippen LogP contribution is -1.99. The molecule has 74 valence electrons. The predicted octanol–water partition coefficient (Wildman–Crippen LogP) is 3.50. The van der Waals surface area contributed by atoms with Gasteiger partial charge in [-0.25, -0.2) is 0 Å². The zero-order valence-corrected chi connectivity index (χ0v) is 9.80. The number of anilines is 1. The Kier molecular flexibility index (Phi) is 4.72. The Morgan fingerprint density at radius 1 is 1.50 bits per heavy atom. The molecule has 0 unspecified atom stereocenters. The van der Waals surface area contributed by atoms with E-state index >= 15 is 0 Å². The van der Waals surface area contributed by atoms with Crippen LogP contribution in [0.15, 0.2) is 23.1 Å². The molecule has 1 N–H and O–H groups in total. The summed E-state index contributed by atoms with van der Waals surface area (Å²) in [5.41, 5.74) is 1.05. The molecule has 1 nitrogen and oxygen atoms in total. The van der Waals surface area contributed by atoms with Crippen LogP contribution in [0.2, 0.25) is 5.02 Å². The van der Waals surface area contributed by atoms with E-state index in [4.69, 9.17) is 11.6 Å². The average Bonchev–Trinajstić information content (AvgIpc) is 2.18. The molecule has 0 fully saturated rings. The molecule has 0 saturated carbocycles. The molecule has 0 aliphatic heterocycles. The van der Waals surface area contributed by atoms with E-state index < -0.39 is 0 Å². The highest BCUT2D eigenvalue weighted by Crippen LogP contribution is 2.32. The van der Waals surface area contributed by atoms with E-state index in [1.165, 1.54) is 0 Å². The molecule has 0 aliphatic rings. The molecular weight excluding hydrogens is 214 g/mol. The van der Waals surface area contributed by atoms with E-state index in [1.54, 1.807) is 11.8 Å². The molecular formula is C11H12ClNS. The van der Waals surface area contributed by atoms with Crippen molar-refractivity contribution in [3.63, 3.8) is 0 Å². The quantitative estimate of drug-likeness (QED) is 0.624. The first-order chi connectivity index (χ1) is 6.79. The minimum Gasteiger partial charge on any atom is -0.373 e. The second-order valence-electron chi connectivity index (χ2n) is 2.60. The van der Waals surface area contributed by atoms with Crippen LogP contribution in [0.3, 0.4) is 0 Å². The summed E-state index contributed by atoms with van der Waals surface area (Å²) in [7, 11) is 0. The summed E-state index contributed by atoms with van der Waals surface area (Å²) >= 11 is 7.68. The lowest BCUT2D eigenvalue weighted by atomic mass is 10.3. The summed E-state index contributed by atoms with van der Waals surface area (Å²) in [5.74, 6) is 5.79. The van der Waals surface area contributed by atoms with Crippen molar-refractivity contribution in [1.82, 2.24) is 0 Å². The standard InChI is InChI=1S/C11H12ClNS/c1-3-4-8-13-10-7-5-6-9(12)11(10)14-2/h5-7,13H,8H2,1-2H3. The van der Waals surface area contributed by atoms with Gasteiger partial charge in [0, 0.05) is 4.90 Å². The highest BCUT2D eigenvalue weighted by atomic mass is 35.5. The summed E-state index contributed by atoms with van der Waals surface area (Å²) in [6, 6.07) is 5.84. The van der Waals surface area contributed by atoms with Crippen LogP contribution in [0.4, 0.5) is 5.69 Å². The van der Waals surface area contributed by atoms with Crippen LogP contribution in [0.5, 0.6) is 0 Å². The van der Waals surface area contributed by atoms with E-state index in [-0.39, 0.29) is 0 Å². The summed E-state index contributed by atoms with van der Waals surface area (Å²) in [5, 5.41) is 4.01. The van der Waals surface area contributed by atoms with Gasteiger partial charge >= 0.3 is 0 Å². The van der Waals surface area contributed by atoms with E-state index in [0.717, 1.165) is 15.6 Å². The van der Waals surface area contributed by atoms with E-state index in [2.05, 4.69) is 17.2 Å². The number of benzene rings is 1. The van der Waals surface area contributed by atoms with Gasteiger partial charge < -0.3 is 5.32 Å². The lowest BCUT2D eigenvalue weighted by Gasteiger charge is -2.09. The Hall–Kier alpha value is -0.780. The Balaban J connectivity index is 2.83. The van der Waals surface area contributed by atoms with Crippen LogP contribution in [-0.2, 0) is 0 Å². The van der Waals surface area contributed by atoms with Crippen LogP contribution in [-0.4, -0.2) is 12.8 Å².